The van der Waals surface area contributed by atoms with Crippen molar-refractivity contribution in [3.05, 3.63) is 35.4 Å². The van der Waals surface area contributed by atoms with Gasteiger partial charge in [-0.1, -0.05) is 33.1 Å². The highest BCUT2D eigenvalue weighted by Crippen LogP contribution is 2.13. The molecule has 2 nitrogen and oxygen atoms in total. The van der Waals surface area contributed by atoms with Gasteiger partial charge < -0.3 is 5.32 Å². The SMILES string of the molecule is CCCCC(CC)CNC(=O)c1cc(F)ccc1F. The maximum absolute atomic E-state index is 13.4. The smallest absolute Gasteiger partial charge is 0.254 e. The molecule has 0 bridgehead atoms. The predicted octanol–water partition coefficient (Wildman–Crippen LogP) is 3.91. The van der Waals surface area contributed by atoms with Crippen molar-refractivity contribution in [1.82, 2.24) is 5.32 Å². The van der Waals surface area contributed by atoms with Gasteiger partial charge in [0, 0.05) is 6.54 Å². The Bertz CT molecular complexity index is 421. The molecule has 1 rings (SSSR count). The Hall–Kier alpha value is -1.45. The molecule has 19 heavy (non-hydrogen) atoms. The van der Waals surface area contributed by atoms with Gasteiger partial charge in [-0.3, -0.25) is 4.79 Å². The van der Waals surface area contributed by atoms with Crippen LogP contribution in [0.3, 0.4) is 0 Å². The molecule has 0 aliphatic rings. The standard InChI is InChI=1S/C15H21F2NO/c1-3-5-6-11(4-2)10-18-15(19)13-9-12(16)7-8-14(13)17/h7-9,11H,3-6,10H2,1-2H3,(H,18,19). The lowest BCUT2D eigenvalue weighted by Gasteiger charge is -2.15. The van der Waals surface area contributed by atoms with Crippen LogP contribution in [0.15, 0.2) is 18.2 Å². The average molecular weight is 269 g/mol. The zero-order valence-corrected chi connectivity index (χ0v) is 11.5. The molecule has 1 amide bonds. The zero-order chi connectivity index (χ0) is 14.3. The Balaban J connectivity index is 2.56. The number of unbranched alkanes of at least 4 members (excludes halogenated alkanes) is 1. The molecular weight excluding hydrogens is 248 g/mol. The van der Waals surface area contributed by atoms with Crippen LogP contribution in [0.5, 0.6) is 0 Å². The second-order valence-electron chi connectivity index (χ2n) is 4.75. The van der Waals surface area contributed by atoms with Crippen LogP contribution in [0.25, 0.3) is 0 Å². The largest absolute Gasteiger partial charge is 0.352 e. The Morgan fingerprint density at radius 2 is 2.05 bits per heavy atom. The second kappa shape index (κ2) is 7.87. The van der Waals surface area contributed by atoms with E-state index in [0.717, 1.165) is 43.9 Å². The van der Waals surface area contributed by atoms with Gasteiger partial charge in [-0.2, -0.15) is 0 Å². The van der Waals surface area contributed by atoms with E-state index < -0.39 is 17.5 Å². The summed E-state index contributed by atoms with van der Waals surface area (Å²) in [6.07, 6.45) is 4.23. The topological polar surface area (TPSA) is 29.1 Å². The first kappa shape index (κ1) is 15.6. The minimum atomic E-state index is -0.694. The molecule has 0 aliphatic carbocycles. The van der Waals surface area contributed by atoms with Crippen LogP contribution < -0.4 is 5.32 Å². The van der Waals surface area contributed by atoms with E-state index in [1.54, 1.807) is 0 Å². The molecule has 1 aromatic carbocycles. The summed E-state index contributed by atoms with van der Waals surface area (Å²) in [5.41, 5.74) is -0.231. The first-order chi connectivity index (χ1) is 9.08. The maximum atomic E-state index is 13.4. The van der Waals surface area contributed by atoms with E-state index in [2.05, 4.69) is 19.2 Å². The van der Waals surface area contributed by atoms with E-state index >= 15 is 0 Å². The lowest BCUT2D eigenvalue weighted by atomic mass is 9.99. The van der Waals surface area contributed by atoms with Gasteiger partial charge in [0.05, 0.1) is 5.56 Å². The van der Waals surface area contributed by atoms with Crippen LogP contribution in [-0.2, 0) is 0 Å². The maximum Gasteiger partial charge on any atom is 0.254 e. The molecule has 106 valence electrons. The molecule has 0 radical (unpaired) electrons. The quantitative estimate of drug-likeness (QED) is 0.799. The number of hydrogen-bond donors (Lipinski definition) is 1. The average Bonchev–Trinajstić information content (AvgIpc) is 2.41. The fraction of sp³-hybridized carbons (Fsp3) is 0.533. The molecule has 0 heterocycles. The van der Waals surface area contributed by atoms with Gasteiger partial charge in [0.2, 0.25) is 0 Å². The summed E-state index contributed by atoms with van der Waals surface area (Å²) in [6.45, 7) is 4.69. The molecule has 0 saturated carbocycles. The third kappa shape index (κ3) is 4.97. The summed E-state index contributed by atoms with van der Waals surface area (Å²) in [5.74, 6) is -1.46. The van der Waals surface area contributed by atoms with Gasteiger partial charge >= 0.3 is 0 Å². The monoisotopic (exact) mass is 269 g/mol. The van der Waals surface area contributed by atoms with Crippen molar-refractivity contribution < 1.29 is 13.6 Å². The summed E-state index contributed by atoms with van der Waals surface area (Å²) < 4.78 is 26.4. The molecule has 4 heteroatoms. The summed E-state index contributed by atoms with van der Waals surface area (Å²) in [4.78, 5) is 11.8. The van der Waals surface area contributed by atoms with E-state index in [4.69, 9.17) is 0 Å². The number of benzene rings is 1. The van der Waals surface area contributed by atoms with Crippen LogP contribution >= 0.6 is 0 Å². The van der Waals surface area contributed by atoms with Gasteiger partial charge in [-0.05, 0) is 30.5 Å². The van der Waals surface area contributed by atoms with Crippen molar-refractivity contribution in [2.45, 2.75) is 39.5 Å². The number of halogens is 2. The van der Waals surface area contributed by atoms with Crippen molar-refractivity contribution >= 4 is 5.91 Å². The van der Waals surface area contributed by atoms with Gasteiger partial charge in [0.1, 0.15) is 11.6 Å². The Kier molecular flexibility index (Phi) is 6.46. The molecule has 1 unspecified atom stereocenters. The van der Waals surface area contributed by atoms with Gasteiger partial charge in [0.15, 0.2) is 0 Å². The third-order valence-corrected chi connectivity index (χ3v) is 3.27. The summed E-state index contributed by atoms with van der Waals surface area (Å²) in [6, 6.07) is 2.90. The summed E-state index contributed by atoms with van der Waals surface area (Å²) >= 11 is 0. The summed E-state index contributed by atoms with van der Waals surface area (Å²) in [7, 11) is 0. The molecule has 0 fully saturated rings. The van der Waals surface area contributed by atoms with Crippen LogP contribution in [0.2, 0.25) is 0 Å². The normalized spacial score (nSPS) is 12.2. The number of carbonyl (C=O) groups excluding carboxylic acids is 1. The molecular formula is C15H21F2NO. The van der Waals surface area contributed by atoms with Crippen molar-refractivity contribution in [2.24, 2.45) is 5.92 Å². The van der Waals surface area contributed by atoms with Crippen molar-refractivity contribution in [1.29, 1.82) is 0 Å². The molecule has 1 atom stereocenters. The van der Waals surface area contributed by atoms with Crippen LogP contribution in [0, 0.1) is 17.6 Å². The molecule has 0 saturated heterocycles. The number of carbonyl (C=O) groups is 1. The molecule has 0 aliphatic heterocycles. The van der Waals surface area contributed by atoms with E-state index in [1.807, 2.05) is 0 Å². The Morgan fingerprint density at radius 3 is 2.68 bits per heavy atom. The van der Waals surface area contributed by atoms with Gasteiger partial charge in [0.25, 0.3) is 5.91 Å². The molecule has 1 aromatic rings. The molecule has 0 spiro atoms. The predicted molar refractivity (Wildman–Crippen MR) is 72.0 cm³/mol. The Labute approximate surface area is 113 Å². The number of hydrogen-bond acceptors (Lipinski definition) is 1. The highest BCUT2D eigenvalue weighted by Gasteiger charge is 2.14. The lowest BCUT2D eigenvalue weighted by Crippen LogP contribution is -2.29. The second-order valence-corrected chi connectivity index (χ2v) is 4.75. The minimum Gasteiger partial charge on any atom is -0.352 e. The molecule has 0 aromatic heterocycles. The van der Waals surface area contributed by atoms with Crippen LogP contribution in [-0.4, -0.2) is 12.5 Å². The highest BCUT2D eigenvalue weighted by molar-refractivity contribution is 5.94. The zero-order valence-electron chi connectivity index (χ0n) is 11.5. The van der Waals surface area contributed by atoms with Gasteiger partial charge in [-0.25, -0.2) is 8.78 Å². The fourth-order valence-electron chi connectivity index (χ4n) is 1.95. The lowest BCUT2D eigenvalue weighted by molar-refractivity contribution is 0.0941. The first-order valence-corrected chi connectivity index (χ1v) is 6.81. The van der Waals surface area contributed by atoms with Crippen molar-refractivity contribution in [3.63, 3.8) is 0 Å². The Morgan fingerprint density at radius 1 is 1.32 bits per heavy atom. The fourth-order valence-corrected chi connectivity index (χ4v) is 1.95. The van der Waals surface area contributed by atoms with Crippen molar-refractivity contribution in [3.8, 4) is 0 Å². The molecule has 1 N–H and O–H groups in total. The first-order valence-electron chi connectivity index (χ1n) is 6.81. The van der Waals surface area contributed by atoms with Crippen molar-refractivity contribution in [2.75, 3.05) is 6.54 Å². The number of nitrogens with one attached hydrogen (secondary N) is 1. The number of rotatable bonds is 7. The van der Waals surface area contributed by atoms with Crippen LogP contribution in [0.4, 0.5) is 8.78 Å². The highest BCUT2D eigenvalue weighted by atomic mass is 19.1. The number of amides is 1. The third-order valence-electron chi connectivity index (χ3n) is 3.27. The van der Waals surface area contributed by atoms with Gasteiger partial charge in [-0.15, -0.1) is 0 Å². The minimum absolute atomic E-state index is 0.231. The van der Waals surface area contributed by atoms with Crippen LogP contribution in [0.1, 0.15) is 49.9 Å². The summed E-state index contributed by atoms with van der Waals surface area (Å²) in [5, 5.41) is 2.68. The van der Waals surface area contributed by atoms with E-state index in [0.29, 0.717) is 12.5 Å². The van der Waals surface area contributed by atoms with E-state index in [-0.39, 0.29) is 5.56 Å². The van der Waals surface area contributed by atoms with E-state index in [9.17, 15) is 13.6 Å². The van der Waals surface area contributed by atoms with E-state index in [1.165, 1.54) is 0 Å².